The molecule has 1 saturated heterocycles. The Morgan fingerprint density at radius 3 is 2.51 bits per heavy atom. The summed E-state index contributed by atoms with van der Waals surface area (Å²) in [6, 6.07) is 14.6. The van der Waals surface area contributed by atoms with E-state index in [1.54, 1.807) is 41.3 Å². The SMILES string of the molecule is N#Cc1ccc(N2CCN(C(=O)c3cccc(CC(=S)c4ccc(F)c(F)c4C(=O)NN)c3)CC2)nc1. The number of hydrogen-bond donors (Lipinski definition) is 2. The molecule has 3 aromatic rings. The van der Waals surface area contributed by atoms with Crippen molar-refractivity contribution in [2.45, 2.75) is 6.42 Å². The number of thiocarbonyl (C=S) groups is 1. The standard InChI is InChI=1S/C26H22F2N6O2S/c27-20-6-5-19(23(24(20)28)25(35)32-30)21(37)13-16-2-1-3-18(12-16)26(36)34-10-8-33(9-11-34)22-7-4-17(14-29)15-31-22/h1-7,12,15H,8-11,13,30H2,(H,32,35). The van der Waals surface area contributed by atoms with Gasteiger partial charge in [-0.15, -0.1) is 0 Å². The first-order valence-corrected chi connectivity index (χ1v) is 11.7. The zero-order valence-corrected chi connectivity index (χ0v) is 20.4. The number of rotatable bonds is 6. The molecule has 1 aromatic heterocycles. The van der Waals surface area contributed by atoms with Crippen molar-refractivity contribution >= 4 is 34.7 Å². The molecule has 1 aliphatic heterocycles. The van der Waals surface area contributed by atoms with Gasteiger partial charge in [0.2, 0.25) is 0 Å². The number of aromatic nitrogens is 1. The maximum absolute atomic E-state index is 14.3. The number of halogens is 2. The molecule has 3 N–H and O–H groups in total. The van der Waals surface area contributed by atoms with Crippen LogP contribution in [0.15, 0.2) is 54.7 Å². The highest BCUT2D eigenvalue weighted by atomic mass is 32.1. The van der Waals surface area contributed by atoms with Gasteiger partial charge in [-0.25, -0.2) is 19.6 Å². The lowest BCUT2D eigenvalue weighted by Crippen LogP contribution is -2.49. The second-order valence-corrected chi connectivity index (χ2v) is 8.85. The Labute approximate surface area is 217 Å². The summed E-state index contributed by atoms with van der Waals surface area (Å²) in [5, 5.41) is 8.93. The Kier molecular flexibility index (Phi) is 7.81. The average molecular weight is 521 g/mol. The molecule has 188 valence electrons. The molecule has 2 heterocycles. The number of carbonyl (C=O) groups excluding carboxylic acids is 2. The Morgan fingerprint density at radius 2 is 1.86 bits per heavy atom. The first kappa shape index (κ1) is 25.8. The van der Waals surface area contributed by atoms with Gasteiger partial charge in [0, 0.05) is 54.8 Å². The fourth-order valence-electron chi connectivity index (χ4n) is 4.13. The Balaban J connectivity index is 1.44. The van der Waals surface area contributed by atoms with Crippen molar-refractivity contribution in [2.75, 3.05) is 31.1 Å². The minimum atomic E-state index is -1.33. The van der Waals surface area contributed by atoms with E-state index >= 15 is 0 Å². The summed E-state index contributed by atoms with van der Waals surface area (Å²) in [6.45, 7) is 2.18. The highest BCUT2D eigenvalue weighted by Crippen LogP contribution is 2.21. The number of amides is 2. The number of nitrogen functional groups attached to an aromatic ring is 1. The van der Waals surface area contributed by atoms with Gasteiger partial charge in [-0.1, -0.05) is 24.4 Å². The Hall–Kier alpha value is -4.27. The molecule has 1 aliphatic rings. The van der Waals surface area contributed by atoms with Gasteiger partial charge in [0.1, 0.15) is 11.9 Å². The number of piperazine rings is 1. The largest absolute Gasteiger partial charge is 0.353 e. The van der Waals surface area contributed by atoms with Gasteiger partial charge >= 0.3 is 0 Å². The molecule has 0 spiro atoms. The minimum Gasteiger partial charge on any atom is -0.353 e. The molecule has 2 amide bonds. The number of pyridine rings is 1. The summed E-state index contributed by atoms with van der Waals surface area (Å²) >= 11 is 5.43. The average Bonchev–Trinajstić information content (AvgIpc) is 2.93. The summed E-state index contributed by atoms with van der Waals surface area (Å²) in [5.74, 6) is 2.23. The lowest BCUT2D eigenvalue weighted by atomic mass is 9.97. The molecule has 0 aliphatic carbocycles. The quantitative estimate of drug-likeness (QED) is 0.169. The second kappa shape index (κ2) is 11.2. The molecular weight excluding hydrogens is 498 g/mol. The third-order valence-electron chi connectivity index (χ3n) is 6.06. The third-order valence-corrected chi connectivity index (χ3v) is 6.42. The normalized spacial score (nSPS) is 13.1. The summed E-state index contributed by atoms with van der Waals surface area (Å²) < 4.78 is 28.0. The van der Waals surface area contributed by atoms with Crippen molar-refractivity contribution in [3.8, 4) is 6.07 Å². The van der Waals surface area contributed by atoms with Gasteiger partial charge in [0.25, 0.3) is 11.8 Å². The van der Waals surface area contributed by atoms with Crippen LogP contribution < -0.4 is 16.2 Å². The predicted octanol–water partition coefficient (Wildman–Crippen LogP) is 2.76. The smallest absolute Gasteiger partial charge is 0.268 e. The van der Waals surface area contributed by atoms with E-state index < -0.39 is 23.1 Å². The van der Waals surface area contributed by atoms with Gasteiger partial charge < -0.3 is 9.80 Å². The fourth-order valence-corrected chi connectivity index (χ4v) is 4.47. The van der Waals surface area contributed by atoms with E-state index in [1.807, 2.05) is 11.5 Å². The van der Waals surface area contributed by atoms with Gasteiger partial charge in [-0.3, -0.25) is 15.0 Å². The molecule has 0 radical (unpaired) electrons. The van der Waals surface area contributed by atoms with E-state index in [4.69, 9.17) is 23.3 Å². The maximum Gasteiger partial charge on any atom is 0.268 e. The van der Waals surface area contributed by atoms with Crippen LogP contribution in [-0.2, 0) is 6.42 Å². The molecule has 2 aromatic carbocycles. The minimum absolute atomic E-state index is 0.0566. The molecule has 0 saturated carbocycles. The first-order valence-electron chi connectivity index (χ1n) is 11.3. The lowest BCUT2D eigenvalue weighted by molar-refractivity contribution is 0.0746. The molecule has 37 heavy (non-hydrogen) atoms. The molecule has 1 fully saturated rings. The number of nitrogens with one attached hydrogen (secondary N) is 1. The van der Waals surface area contributed by atoms with E-state index in [1.165, 1.54) is 12.3 Å². The summed E-state index contributed by atoms with van der Waals surface area (Å²) in [4.78, 5) is 33.5. The van der Waals surface area contributed by atoms with Crippen LogP contribution in [0.25, 0.3) is 0 Å². The number of anilines is 1. The molecule has 4 rings (SSSR count). The summed E-state index contributed by atoms with van der Waals surface area (Å²) in [6.07, 6.45) is 1.65. The number of nitrogens with two attached hydrogens (primary N) is 1. The number of hydrazine groups is 1. The van der Waals surface area contributed by atoms with Crippen LogP contribution in [-0.4, -0.2) is 52.7 Å². The molecule has 0 bridgehead atoms. The van der Waals surface area contributed by atoms with Crippen molar-refractivity contribution in [2.24, 2.45) is 5.84 Å². The molecular formula is C26H22F2N6O2S. The van der Waals surface area contributed by atoms with E-state index in [2.05, 4.69) is 9.88 Å². The van der Waals surface area contributed by atoms with Crippen LogP contribution >= 0.6 is 12.2 Å². The summed E-state index contributed by atoms with van der Waals surface area (Å²) in [5.41, 5.74) is 2.94. The van der Waals surface area contributed by atoms with Crippen molar-refractivity contribution in [3.05, 3.63) is 94.2 Å². The number of carbonyl (C=O) groups is 2. The van der Waals surface area contributed by atoms with Crippen molar-refractivity contribution in [3.63, 3.8) is 0 Å². The Bertz CT molecular complexity index is 1400. The van der Waals surface area contributed by atoms with Crippen LogP contribution in [0.5, 0.6) is 0 Å². The monoisotopic (exact) mass is 520 g/mol. The van der Waals surface area contributed by atoms with Crippen LogP contribution in [0.3, 0.4) is 0 Å². The lowest BCUT2D eigenvalue weighted by Gasteiger charge is -2.35. The van der Waals surface area contributed by atoms with Crippen molar-refractivity contribution < 1.29 is 18.4 Å². The second-order valence-electron chi connectivity index (χ2n) is 8.35. The van der Waals surface area contributed by atoms with E-state index in [0.29, 0.717) is 42.9 Å². The van der Waals surface area contributed by atoms with Gasteiger partial charge in [-0.2, -0.15) is 5.26 Å². The van der Waals surface area contributed by atoms with E-state index in [-0.39, 0.29) is 22.8 Å². The van der Waals surface area contributed by atoms with Gasteiger partial charge in [0.05, 0.1) is 11.1 Å². The van der Waals surface area contributed by atoms with Gasteiger partial charge in [-0.05, 0) is 42.0 Å². The van der Waals surface area contributed by atoms with E-state index in [0.717, 1.165) is 11.9 Å². The van der Waals surface area contributed by atoms with Crippen molar-refractivity contribution in [1.29, 1.82) is 5.26 Å². The number of nitriles is 1. The molecule has 0 unspecified atom stereocenters. The molecule has 8 nitrogen and oxygen atoms in total. The summed E-state index contributed by atoms with van der Waals surface area (Å²) in [7, 11) is 0. The highest BCUT2D eigenvalue weighted by molar-refractivity contribution is 7.80. The zero-order chi connectivity index (χ0) is 26.5. The van der Waals surface area contributed by atoms with Crippen LogP contribution in [0.2, 0.25) is 0 Å². The van der Waals surface area contributed by atoms with Gasteiger partial charge in [0.15, 0.2) is 11.6 Å². The number of nitrogens with zero attached hydrogens (tertiary/aromatic N) is 4. The zero-order valence-electron chi connectivity index (χ0n) is 19.6. The third kappa shape index (κ3) is 5.61. The fraction of sp³-hybridized carbons (Fsp3) is 0.192. The van der Waals surface area contributed by atoms with Crippen LogP contribution in [0.1, 0.15) is 37.4 Å². The van der Waals surface area contributed by atoms with E-state index in [9.17, 15) is 18.4 Å². The number of benzene rings is 2. The topological polar surface area (TPSA) is 115 Å². The Morgan fingerprint density at radius 1 is 1.11 bits per heavy atom. The molecule has 0 atom stereocenters. The van der Waals surface area contributed by atoms with Crippen LogP contribution in [0.4, 0.5) is 14.6 Å². The highest BCUT2D eigenvalue weighted by Gasteiger charge is 2.24. The molecule has 11 heteroatoms. The maximum atomic E-state index is 14.3. The first-order chi connectivity index (χ1) is 17.8. The number of hydrogen-bond acceptors (Lipinski definition) is 7. The predicted molar refractivity (Wildman–Crippen MR) is 137 cm³/mol. The van der Waals surface area contributed by atoms with Crippen LogP contribution in [0, 0.1) is 23.0 Å². The van der Waals surface area contributed by atoms with Crippen molar-refractivity contribution in [1.82, 2.24) is 15.3 Å².